The molecule has 0 radical (unpaired) electrons. The van der Waals surface area contributed by atoms with Gasteiger partial charge in [-0.15, -0.1) is 0 Å². The van der Waals surface area contributed by atoms with Crippen LogP contribution in [0.2, 0.25) is 0 Å². The van der Waals surface area contributed by atoms with Crippen LogP contribution in [0.4, 0.5) is 18.9 Å². The molecule has 0 saturated carbocycles. The van der Waals surface area contributed by atoms with Crippen molar-refractivity contribution in [2.75, 3.05) is 5.32 Å². The minimum atomic E-state index is -4.55. The van der Waals surface area contributed by atoms with Gasteiger partial charge in [0.05, 0.1) is 5.56 Å². The molecule has 150 valence electrons. The van der Waals surface area contributed by atoms with Gasteiger partial charge in [0.2, 0.25) is 0 Å². The molecule has 1 aromatic heterocycles. The lowest BCUT2D eigenvalue weighted by atomic mass is 10.1. The summed E-state index contributed by atoms with van der Waals surface area (Å²) in [4.78, 5) is 38.9. The maximum absolute atomic E-state index is 12.7. The van der Waals surface area contributed by atoms with Gasteiger partial charge in [-0.1, -0.05) is 6.07 Å². The number of carbonyl (C=O) groups excluding carboxylic acids is 3. The molecule has 2 N–H and O–H groups in total. The predicted octanol–water partition coefficient (Wildman–Crippen LogP) is 4.04. The van der Waals surface area contributed by atoms with Gasteiger partial charge in [-0.2, -0.15) is 13.2 Å². The molecule has 1 atom stereocenters. The van der Waals surface area contributed by atoms with E-state index >= 15 is 0 Å². The first-order valence-electron chi connectivity index (χ1n) is 8.31. The molecular weight excluding hydrogens is 377 g/mol. The first-order chi connectivity index (χ1) is 12.9. The van der Waals surface area contributed by atoms with E-state index in [0.29, 0.717) is 16.8 Å². The third-order valence-electron chi connectivity index (χ3n) is 4.10. The third kappa shape index (κ3) is 4.59. The number of hydrogen-bond acceptors (Lipinski definition) is 4. The number of hydrogen-bond donors (Lipinski definition) is 2. The summed E-state index contributed by atoms with van der Waals surface area (Å²) >= 11 is 0. The van der Waals surface area contributed by atoms with Crippen molar-refractivity contribution in [3.8, 4) is 0 Å². The average Bonchev–Trinajstić information content (AvgIpc) is 2.88. The van der Waals surface area contributed by atoms with Gasteiger partial charge in [0.25, 0.3) is 5.91 Å². The summed E-state index contributed by atoms with van der Waals surface area (Å²) in [6, 6.07) is 4.11. The molecule has 0 aliphatic carbocycles. The molecule has 2 aromatic rings. The molecule has 0 bridgehead atoms. The summed E-state index contributed by atoms with van der Waals surface area (Å²) in [7, 11) is 0. The molecule has 0 fully saturated rings. The molecule has 28 heavy (non-hydrogen) atoms. The number of rotatable bonds is 5. The topological polar surface area (TPSA) is 88.3 Å². The van der Waals surface area contributed by atoms with Gasteiger partial charge in [0.1, 0.15) is 5.69 Å². The summed E-state index contributed by atoms with van der Waals surface area (Å²) in [5.41, 5.74) is 0.325. The van der Waals surface area contributed by atoms with Crippen molar-refractivity contribution < 1.29 is 32.3 Å². The lowest BCUT2D eigenvalue weighted by Gasteiger charge is -2.14. The van der Waals surface area contributed by atoms with Crippen molar-refractivity contribution in [1.29, 1.82) is 0 Å². The van der Waals surface area contributed by atoms with E-state index < -0.39 is 29.7 Å². The standard InChI is InChI=1S/C19H19F3N2O4/c1-9-15(11(3)25)10(2)23-16(9)18(27)28-12(4)17(26)24-14-7-5-6-13(8-14)19(20,21)22/h5-8,12,23H,1-4H3,(H,24,26). The van der Waals surface area contributed by atoms with E-state index in [9.17, 15) is 27.6 Å². The van der Waals surface area contributed by atoms with E-state index in [-0.39, 0.29) is 17.2 Å². The number of ketones is 1. The maximum Gasteiger partial charge on any atom is 0.416 e. The summed E-state index contributed by atoms with van der Waals surface area (Å²) in [5.74, 6) is -1.86. The Labute approximate surface area is 159 Å². The lowest BCUT2D eigenvalue weighted by Crippen LogP contribution is -2.30. The number of carbonyl (C=O) groups is 3. The van der Waals surface area contributed by atoms with Gasteiger partial charge in [0.15, 0.2) is 11.9 Å². The smallest absolute Gasteiger partial charge is 0.416 e. The third-order valence-corrected chi connectivity index (χ3v) is 4.10. The van der Waals surface area contributed by atoms with Crippen LogP contribution in [0.25, 0.3) is 0 Å². The first kappa shape index (κ1) is 21.2. The fourth-order valence-electron chi connectivity index (χ4n) is 2.77. The van der Waals surface area contributed by atoms with Gasteiger partial charge in [-0.25, -0.2) is 4.79 Å². The molecule has 1 amide bonds. The number of aromatic nitrogens is 1. The number of aromatic amines is 1. The first-order valence-corrected chi connectivity index (χ1v) is 8.31. The molecule has 0 aliphatic rings. The highest BCUT2D eigenvalue weighted by Crippen LogP contribution is 2.30. The van der Waals surface area contributed by atoms with E-state index in [4.69, 9.17) is 4.74 Å². The van der Waals surface area contributed by atoms with E-state index in [1.54, 1.807) is 13.8 Å². The molecule has 6 nitrogen and oxygen atoms in total. The second kappa shape index (κ2) is 7.87. The van der Waals surface area contributed by atoms with Crippen molar-refractivity contribution in [2.24, 2.45) is 0 Å². The van der Waals surface area contributed by atoms with Crippen LogP contribution in [0.15, 0.2) is 24.3 Å². The number of anilines is 1. The molecule has 0 aliphatic heterocycles. The number of benzene rings is 1. The van der Waals surface area contributed by atoms with Crippen LogP contribution in [0.5, 0.6) is 0 Å². The number of amides is 1. The molecule has 1 heterocycles. The maximum atomic E-state index is 12.7. The fourth-order valence-corrected chi connectivity index (χ4v) is 2.77. The second-order valence-corrected chi connectivity index (χ2v) is 6.30. The Morgan fingerprint density at radius 3 is 2.36 bits per heavy atom. The highest BCUT2D eigenvalue weighted by molar-refractivity contribution is 6.02. The van der Waals surface area contributed by atoms with Crippen LogP contribution in [-0.4, -0.2) is 28.7 Å². The Morgan fingerprint density at radius 2 is 1.82 bits per heavy atom. The van der Waals surface area contributed by atoms with Crippen molar-refractivity contribution in [1.82, 2.24) is 4.98 Å². The Hall–Kier alpha value is -3.10. The predicted molar refractivity (Wildman–Crippen MR) is 95.2 cm³/mol. The largest absolute Gasteiger partial charge is 0.448 e. The number of alkyl halides is 3. The fraction of sp³-hybridized carbons (Fsp3) is 0.316. The monoisotopic (exact) mass is 396 g/mol. The normalized spacial score (nSPS) is 12.4. The van der Waals surface area contributed by atoms with Gasteiger partial charge >= 0.3 is 12.1 Å². The number of aryl methyl sites for hydroxylation is 1. The SMILES string of the molecule is CC(=O)c1c(C)[nH]c(C(=O)OC(C)C(=O)Nc2cccc(C(F)(F)F)c2)c1C. The number of halogens is 3. The second-order valence-electron chi connectivity index (χ2n) is 6.30. The zero-order valence-electron chi connectivity index (χ0n) is 15.7. The van der Waals surface area contributed by atoms with Crippen LogP contribution in [-0.2, 0) is 15.7 Å². The van der Waals surface area contributed by atoms with Gasteiger partial charge in [-0.05, 0) is 51.5 Å². The van der Waals surface area contributed by atoms with Crippen LogP contribution in [0, 0.1) is 13.8 Å². The highest BCUT2D eigenvalue weighted by Gasteiger charge is 2.31. The Balaban J connectivity index is 2.10. The van der Waals surface area contributed by atoms with Crippen LogP contribution >= 0.6 is 0 Å². The minimum Gasteiger partial charge on any atom is -0.448 e. The molecular formula is C19H19F3N2O4. The van der Waals surface area contributed by atoms with E-state index in [1.165, 1.54) is 19.9 Å². The van der Waals surface area contributed by atoms with Gasteiger partial charge in [0, 0.05) is 16.9 Å². The van der Waals surface area contributed by atoms with E-state index in [0.717, 1.165) is 18.2 Å². The highest BCUT2D eigenvalue weighted by atomic mass is 19.4. The van der Waals surface area contributed by atoms with Crippen molar-refractivity contribution in [3.63, 3.8) is 0 Å². The molecule has 2 rings (SSSR count). The van der Waals surface area contributed by atoms with Gasteiger partial charge in [-0.3, -0.25) is 9.59 Å². The quantitative estimate of drug-likeness (QED) is 0.590. The zero-order chi connectivity index (χ0) is 21.2. The Bertz CT molecular complexity index is 932. The molecule has 0 spiro atoms. The van der Waals surface area contributed by atoms with Crippen LogP contribution in [0.3, 0.4) is 0 Å². The Kier molecular flexibility index (Phi) is 5.96. The zero-order valence-corrected chi connectivity index (χ0v) is 15.7. The van der Waals surface area contributed by atoms with Crippen molar-refractivity contribution in [3.05, 3.63) is 52.3 Å². The molecule has 1 aromatic carbocycles. The molecule has 0 saturated heterocycles. The summed E-state index contributed by atoms with van der Waals surface area (Å²) in [5, 5.41) is 2.28. The van der Waals surface area contributed by atoms with E-state index in [1.807, 2.05) is 0 Å². The van der Waals surface area contributed by atoms with Crippen molar-refractivity contribution in [2.45, 2.75) is 40.0 Å². The Morgan fingerprint density at radius 1 is 1.18 bits per heavy atom. The summed E-state index contributed by atoms with van der Waals surface area (Å²) in [6.45, 7) is 5.86. The number of esters is 1. The number of H-pyrrole nitrogens is 1. The van der Waals surface area contributed by atoms with Gasteiger partial charge < -0.3 is 15.0 Å². The van der Waals surface area contributed by atoms with E-state index in [2.05, 4.69) is 10.3 Å². The number of nitrogens with one attached hydrogen (secondary N) is 2. The molecule has 1 unspecified atom stereocenters. The van der Waals surface area contributed by atoms with Crippen molar-refractivity contribution >= 4 is 23.3 Å². The number of ether oxygens (including phenoxy) is 1. The number of Topliss-reactive ketones (excluding diaryl/α,β-unsaturated/α-hetero) is 1. The lowest BCUT2D eigenvalue weighted by molar-refractivity contribution is -0.137. The van der Waals surface area contributed by atoms with Crippen LogP contribution in [0.1, 0.15) is 51.5 Å². The average molecular weight is 396 g/mol. The minimum absolute atomic E-state index is 0.0430. The summed E-state index contributed by atoms with van der Waals surface area (Å²) < 4.78 is 43.3. The molecule has 9 heteroatoms. The van der Waals surface area contributed by atoms with Crippen LogP contribution < -0.4 is 5.32 Å². The summed E-state index contributed by atoms with van der Waals surface area (Å²) in [6.07, 6.45) is -5.82.